The van der Waals surface area contributed by atoms with Crippen LogP contribution in [0.15, 0.2) is 0 Å². The molecule has 2 N–H and O–H groups in total. The molecule has 0 heterocycles. The van der Waals surface area contributed by atoms with Crippen molar-refractivity contribution in [2.45, 2.75) is 51.9 Å². The molecule has 0 aromatic carbocycles. The second-order valence-electron chi connectivity index (χ2n) is 5.61. The van der Waals surface area contributed by atoms with Crippen LogP contribution in [0.2, 0.25) is 0 Å². The van der Waals surface area contributed by atoms with E-state index in [9.17, 15) is 0 Å². The van der Waals surface area contributed by atoms with Gasteiger partial charge in [0.2, 0.25) is 0 Å². The standard InChI is InChI=1S/C13H25N/c1-10-5-7-11(8-6-10)13-4-2-3-12(13)9-14/h10-13H,2-9,14H2,1H3. The summed E-state index contributed by atoms with van der Waals surface area (Å²) in [5.41, 5.74) is 5.86. The van der Waals surface area contributed by atoms with Gasteiger partial charge in [-0.1, -0.05) is 26.2 Å². The minimum Gasteiger partial charge on any atom is -0.330 e. The van der Waals surface area contributed by atoms with Crippen molar-refractivity contribution in [2.75, 3.05) is 6.54 Å². The molecule has 1 heteroatoms. The van der Waals surface area contributed by atoms with E-state index in [1.54, 1.807) is 0 Å². The fraction of sp³-hybridized carbons (Fsp3) is 1.00. The molecule has 14 heavy (non-hydrogen) atoms. The maximum atomic E-state index is 5.86. The smallest absolute Gasteiger partial charge is 0.00461 e. The van der Waals surface area contributed by atoms with Gasteiger partial charge in [0.25, 0.3) is 0 Å². The molecule has 0 bridgehead atoms. The van der Waals surface area contributed by atoms with E-state index in [1.165, 1.54) is 44.9 Å². The Morgan fingerprint density at radius 2 is 1.71 bits per heavy atom. The van der Waals surface area contributed by atoms with Crippen molar-refractivity contribution >= 4 is 0 Å². The summed E-state index contributed by atoms with van der Waals surface area (Å²) in [5, 5.41) is 0. The summed E-state index contributed by atoms with van der Waals surface area (Å²) in [4.78, 5) is 0. The number of hydrogen-bond donors (Lipinski definition) is 1. The summed E-state index contributed by atoms with van der Waals surface area (Å²) in [5.74, 6) is 3.88. The predicted molar refractivity (Wildman–Crippen MR) is 61.0 cm³/mol. The first kappa shape index (κ1) is 10.5. The van der Waals surface area contributed by atoms with Gasteiger partial charge in [-0.15, -0.1) is 0 Å². The second kappa shape index (κ2) is 4.65. The fourth-order valence-corrected chi connectivity index (χ4v) is 3.69. The van der Waals surface area contributed by atoms with E-state index in [4.69, 9.17) is 5.73 Å². The number of nitrogens with two attached hydrogens (primary N) is 1. The van der Waals surface area contributed by atoms with E-state index < -0.39 is 0 Å². The molecular weight excluding hydrogens is 170 g/mol. The predicted octanol–water partition coefficient (Wildman–Crippen LogP) is 3.19. The fourth-order valence-electron chi connectivity index (χ4n) is 3.69. The highest BCUT2D eigenvalue weighted by atomic mass is 14.6. The van der Waals surface area contributed by atoms with Crippen LogP contribution in [0.3, 0.4) is 0 Å². The van der Waals surface area contributed by atoms with Gasteiger partial charge < -0.3 is 5.73 Å². The van der Waals surface area contributed by atoms with Crippen LogP contribution in [0.25, 0.3) is 0 Å². The van der Waals surface area contributed by atoms with Crippen molar-refractivity contribution in [2.24, 2.45) is 29.4 Å². The lowest BCUT2D eigenvalue weighted by molar-refractivity contribution is 0.179. The van der Waals surface area contributed by atoms with E-state index in [2.05, 4.69) is 6.92 Å². The summed E-state index contributed by atoms with van der Waals surface area (Å²) in [6.07, 6.45) is 10.2. The maximum Gasteiger partial charge on any atom is -0.00461 e. The van der Waals surface area contributed by atoms with Crippen molar-refractivity contribution < 1.29 is 0 Å². The first-order chi connectivity index (χ1) is 6.81. The van der Waals surface area contributed by atoms with Crippen LogP contribution in [0.1, 0.15) is 51.9 Å². The van der Waals surface area contributed by atoms with Crippen molar-refractivity contribution in [1.29, 1.82) is 0 Å². The maximum absolute atomic E-state index is 5.86. The molecule has 0 aliphatic heterocycles. The normalized spacial score (nSPS) is 44.1. The molecule has 0 amide bonds. The van der Waals surface area contributed by atoms with E-state index in [0.717, 1.165) is 30.2 Å². The van der Waals surface area contributed by atoms with Crippen molar-refractivity contribution in [3.05, 3.63) is 0 Å². The molecule has 2 rings (SSSR count). The largest absolute Gasteiger partial charge is 0.330 e. The Morgan fingerprint density at radius 3 is 2.36 bits per heavy atom. The van der Waals surface area contributed by atoms with Gasteiger partial charge in [-0.2, -0.15) is 0 Å². The van der Waals surface area contributed by atoms with Gasteiger partial charge in [-0.3, -0.25) is 0 Å². The molecule has 0 radical (unpaired) electrons. The van der Waals surface area contributed by atoms with Crippen molar-refractivity contribution in [3.8, 4) is 0 Å². The summed E-state index contributed by atoms with van der Waals surface area (Å²) in [6.45, 7) is 3.35. The molecule has 82 valence electrons. The molecule has 2 aliphatic carbocycles. The molecule has 2 aliphatic rings. The quantitative estimate of drug-likeness (QED) is 0.719. The molecule has 0 saturated heterocycles. The van der Waals surface area contributed by atoms with Crippen LogP contribution in [0.4, 0.5) is 0 Å². The zero-order valence-electron chi connectivity index (χ0n) is 9.54. The molecule has 2 fully saturated rings. The third-order valence-corrected chi connectivity index (χ3v) is 4.69. The molecular formula is C13H25N. The van der Waals surface area contributed by atoms with Crippen molar-refractivity contribution in [3.63, 3.8) is 0 Å². The van der Waals surface area contributed by atoms with Gasteiger partial charge in [0.15, 0.2) is 0 Å². The van der Waals surface area contributed by atoms with Gasteiger partial charge in [-0.05, 0) is 55.9 Å². The first-order valence-corrected chi connectivity index (χ1v) is 6.51. The van der Waals surface area contributed by atoms with Crippen LogP contribution in [0.5, 0.6) is 0 Å². The summed E-state index contributed by atoms with van der Waals surface area (Å²) < 4.78 is 0. The van der Waals surface area contributed by atoms with Crippen LogP contribution in [-0.2, 0) is 0 Å². The van der Waals surface area contributed by atoms with Gasteiger partial charge in [-0.25, -0.2) is 0 Å². The van der Waals surface area contributed by atoms with Crippen LogP contribution in [0, 0.1) is 23.7 Å². The first-order valence-electron chi connectivity index (χ1n) is 6.51. The van der Waals surface area contributed by atoms with E-state index in [-0.39, 0.29) is 0 Å². The lowest BCUT2D eigenvalue weighted by Gasteiger charge is -2.33. The van der Waals surface area contributed by atoms with E-state index >= 15 is 0 Å². The zero-order chi connectivity index (χ0) is 9.97. The Hall–Kier alpha value is -0.0400. The summed E-state index contributed by atoms with van der Waals surface area (Å²) in [7, 11) is 0. The topological polar surface area (TPSA) is 26.0 Å². The lowest BCUT2D eigenvalue weighted by Crippen LogP contribution is -2.27. The van der Waals surface area contributed by atoms with Crippen LogP contribution < -0.4 is 5.73 Å². The van der Waals surface area contributed by atoms with Gasteiger partial charge in [0.05, 0.1) is 0 Å². The Bertz CT molecular complexity index is 170. The Kier molecular flexibility index (Phi) is 3.48. The molecule has 2 atom stereocenters. The minimum atomic E-state index is 0.869. The molecule has 0 aromatic heterocycles. The Morgan fingerprint density at radius 1 is 1.00 bits per heavy atom. The SMILES string of the molecule is CC1CCC(C2CCCC2CN)CC1. The second-order valence-corrected chi connectivity index (χ2v) is 5.61. The van der Waals surface area contributed by atoms with E-state index in [0.29, 0.717) is 0 Å². The summed E-state index contributed by atoms with van der Waals surface area (Å²) >= 11 is 0. The van der Waals surface area contributed by atoms with Crippen molar-refractivity contribution in [1.82, 2.24) is 0 Å². The molecule has 1 nitrogen and oxygen atoms in total. The molecule has 0 aromatic rings. The monoisotopic (exact) mass is 195 g/mol. The highest BCUT2D eigenvalue weighted by Gasteiger charge is 2.34. The number of hydrogen-bond acceptors (Lipinski definition) is 1. The van der Waals surface area contributed by atoms with Crippen LogP contribution >= 0.6 is 0 Å². The van der Waals surface area contributed by atoms with Gasteiger partial charge >= 0.3 is 0 Å². The molecule has 2 unspecified atom stereocenters. The number of rotatable bonds is 2. The molecule has 0 spiro atoms. The average Bonchev–Trinajstić information content (AvgIpc) is 2.67. The third kappa shape index (κ3) is 2.13. The van der Waals surface area contributed by atoms with Gasteiger partial charge in [0, 0.05) is 0 Å². The zero-order valence-corrected chi connectivity index (χ0v) is 9.54. The Balaban J connectivity index is 1.88. The average molecular weight is 195 g/mol. The van der Waals surface area contributed by atoms with Crippen LogP contribution in [-0.4, -0.2) is 6.54 Å². The minimum absolute atomic E-state index is 0.869. The Labute approximate surface area is 88.4 Å². The van der Waals surface area contributed by atoms with Gasteiger partial charge in [0.1, 0.15) is 0 Å². The van der Waals surface area contributed by atoms with E-state index in [1.807, 2.05) is 0 Å². The summed E-state index contributed by atoms with van der Waals surface area (Å²) in [6, 6.07) is 0. The highest BCUT2D eigenvalue weighted by Crippen LogP contribution is 2.43. The molecule has 2 saturated carbocycles. The highest BCUT2D eigenvalue weighted by molar-refractivity contribution is 4.85. The lowest BCUT2D eigenvalue weighted by atomic mass is 9.73. The third-order valence-electron chi connectivity index (χ3n) is 4.69.